The first kappa shape index (κ1) is 22.2. The standard InChI is InChI=1S/C24H26N4O5/c1-31-20-11-19(12-21(32-2)23(20)33-3)28-14-17(10-22(28)29)24(30)26-18-6-4-5-16(9-18)13-27-8-7-25-15-27/h4-9,11-12,15,17H,10,13-14H2,1-3H3,(H,26,30). The Balaban J connectivity index is 1.47. The van der Waals surface area contributed by atoms with Crippen LogP contribution in [-0.4, -0.2) is 49.2 Å². The molecule has 1 aliphatic heterocycles. The van der Waals surface area contributed by atoms with Crippen LogP contribution in [0.25, 0.3) is 0 Å². The Morgan fingerprint density at radius 2 is 1.88 bits per heavy atom. The predicted octanol–water partition coefficient (Wildman–Crippen LogP) is 2.95. The minimum atomic E-state index is -0.478. The lowest BCUT2D eigenvalue weighted by atomic mass is 10.1. The van der Waals surface area contributed by atoms with E-state index < -0.39 is 5.92 Å². The molecule has 1 atom stereocenters. The zero-order valence-corrected chi connectivity index (χ0v) is 18.8. The van der Waals surface area contributed by atoms with Crippen LogP contribution in [-0.2, 0) is 16.1 Å². The van der Waals surface area contributed by atoms with Crippen LogP contribution in [0.4, 0.5) is 11.4 Å². The van der Waals surface area contributed by atoms with Gasteiger partial charge in [0.1, 0.15) is 0 Å². The Kier molecular flexibility index (Phi) is 6.48. The van der Waals surface area contributed by atoms with E-state index in [-0.39, 0.29) is 24.8 Å². The van der Waals surface area contributed by atoms with E-state index in [0.29, 0.717) is 35.2 Å². The van der Waals surface area contributed by atoms with E-state index in [0.717, 1.165) is 5.56 Å². The second-order valence-electron chi connectivity index (χ2n) is 7.71. The summed E-state index contributed by atoms with van der Waals surface area (Å²) in [7, 11) is 4.56. The summed E-state index contributed by atoms with van der Waals surface area (Å²) in [6.07, 6.45) is 5.47. The van der Waals surface area contributed by atoms with Gasteiger partial charge in [-0.3, -0.25) is 9.59 Å². The van der Waals surface area contributed by atoms with E-state index in [1.165, 1.54) is 21.3 Å². The van der Waals surface area contributed by atoms with Crippen molar-refractivity contribution in [1.82, 2.24) is 9.55 Å². The SMILES string of the molecule is COc1cc(N2CC(C(=O)Nc3cccc(Cn4ccnc4)c3)CC2=O)cc(OC)c1OC. The summed E-state index contributed by atoms with van der Waals surface area (Å²) in [4.78, 5) is 31.3. The Morgan fingerprint density at radius 1 is 1.12 bits per heavy atom. The molecule has 1 N–H and O–H groups in total. The lowest BCUT2D eigenvalue weighted by molar-refractivity contribution is -0.122. The van der Waals surface area contributed by atoms with Crippen LogP contribution < -0.4 is 24.4 Å². The van der Waals surface area contributed by atoms with Gasteiger partial charge in [0.15, 0.2) is 11.5 Å². The summed E-state index contributed by atoms with van der Waals surface area (Å²) >= 11 is 0. The van der Waals surface area contributed by atoms with Crippen LogP contribution >= 0.6 is 0 Å². The highest BCUT2D eigenvalue weighted by molar-refractivity contribution is 6.03. The average molecular weight is 450 g/mol. The van der Waals surface area contributed by atoms with Gasteiger partial charge < -0.3 is 29.0 Å². The summed E-state index contributed by atoms with van der Waals surface area (Å²) in [6, 6.07) is 11.1. The Morgan fingerprint density at radius 3 is 2.52 bits per heavy atom. The van der Waals surface area contributed by atoms with Gasteiger partial charge >= 0.3 is 0 Å². The fourth-order valence-corrected chi connectivity index (χ4v) is 3.94. The molecule has 0 spiro atoms. The highest BCUT2D eigenvalue weighted by Crippen LogP contribution is 2.42. The van der Waals surface area contributed by atoms with E-state index in [9.17, 15) is 9.59 Å². The number of rotatable bonds is 8. The van der Waals surface area contributed by atoms with E-state index in [2.05, 4.69) is 10.3 Å². The second-order valence-corrected chi connectivity index (χ2v) is 7.71. The summed E-state index contributed by atoms with van der Waals surface area (Å²) < 4.78 is 18.1. The molecule has 2 aromatic carbocycles. The van der Waals surface area contributed by atoms with Crippen molar-refractivity contribution in [2.24, 2.45) is 5.92 Å². The van der Waals surface area contributed by atoms with Crippen molar-refractivity contribution in [2.45, 2.75) is 13.0 Å². The minimum absolute atomic E-state index is 0.122. The molecule has 33 heavy (non-hydrogen) atoms. The first-order valence-corrected chi connectivity index (χ1v) is 10.5. The highest BCUT2D eigenvalue weighted by Gasteiger charge is 2.36. The van der Waals surface area contributed by atoms with E-state index >= 15 is 0 Å². The zero-order valence-electron chi connectivity index (χ0n) is 18.8. The topological polar surface area (TPSA) is 94.9 Å². The summed E-state index contributed by atoms with van der Waals surface area (Å²) in [5, 5.41) is 2.95. The molecular formula is C24H26N4O5. The van der Waals surface area contributed by atoms with Gasteiger partial charge in [0.25, 0.3) is 0 Å². The Hall–Kier alpha value is -4.01. The van der Waals surface area contributed by atoms with Crippen molar-refractivity contribution in [2.75, 3.05) is 38.1 Å². The van der Waals surface area contributed by atoms with Gasteiger partial charge in [-0.05, 0) is 17.7 Å². The number of aromatic nitrogens is 2. The van der Waals surface area contributed by atoms with Crippen molar-refractivity contribution in [3.8, 4) is 17.2 Å². The van der Waals surface area contributed by atoms with Crippen molar-refractivity contribution in [3.63, 3.8) is 0 Å². The molecule has 1 saturated heterocycles. The summed E-state index contributed by atoms with van der Waals surface area (Å²) in [5.41, 5.74) is 2.32. The number of carbonyl (C=O) groups excluding carboxylic acids is 2. The predicted molar refractivity (Wildman–Crippen MR) is 123 cm³/mol. The fourth-order valence-electron chi connectivity index (χ4n) is 3.94. The number of anilines is 2. The molecule has 0 bridgehead atoms. The molecule has 1 fully saturated rings. The second kappa shape index (κ2) is 9.64. The molecule has 0 aliphatic carbocycles. The number of methoxy groups -OCH3 is 3. The monoisotopic (exact) mass is 450 g/mol. The van der Waals surface area contributed by atoms with Gasteiger partial charge in [-0.2, -0.15) is 0 Å². The van der Waals surface area contributed by atoms with Crippen LogP contribution in [0.2, 0.25) is 0 Å². The molecule has 2 heterocycles. The number of ether oxygens (including phenoxy) is 3. The number of benzene rings is 2. The van der Waals surface area contributed by atoms with Gasteiger partial charge in [-0.15, -0.1) is 0 Å². The van der Waals surface area contributed by atoms with Gasteiger partial charge in [0.05, 0.1) is 39.3 Å². The van der Waals surface area contributed by atoms with Gasteiger partial charge in [-0.25, -0.2) is 4.98 Å². The maximum atomic E-state index is 12.9. The third-order valence-electron chi connectivity index (χ3n) is 5.58. The maximum Gasteiger partial charge on any atom is 0.229 e. The lowest BCUT2D eigenvalue weighted by Crippen LogP contribution is -2.28. The number of nitrogens with zero attached hydrogens (tertiary/aromatic N) is 3. The Bertz CT molecular complexity index is 1120. The smallest absolute Gasteiger partial charge is 0.229 e. The number of amides is 2. The number of carbonyl (C=O) groups is 2. The van der Waals surface area contributed by atoms with Crippen molar-refractivity contribution in [3.05, 3.63) is 60.7 Å². The number of hydrogen-bond acceptors (Lipinski definition) is 6. The van der Waals surface area contributed by atoms with Crippen LogP contribution in [0.5, 0.6) is 17.2 Å². The molecule has 9 heteroatoms. The Labute approximate surface area is 191 Å². The average Bonchev–Trinajstić information content (AvgIpc) is 3.47. The quantitative estimate of drug-likeness (QED) is 0.567. The number of nitrogens with one attached hydrogen (secondary N) is 1. The molecule has 4 rings (SSSR count). The van der Waals surface area contributed by atoms with E-state index in [1.54, 1.807) is 29.6 Å². The van der Waals surface area contributed by atoms with E-state index in [4.69, 9.17) is 14.2 Å². The van der Waals surface area contributed by atoms with Crippen LogP contribution in [0, 0.1) is 5.92 Å². The molecule has 9 nitrogen and oxygen atoms in total. The van der Waals surface area contributed by atoms with Gasteiger partial charge in [0.2, 0.25) is 17.6 Å². The van der Waals surface area contributed by atoms with Gasteiger partial charge in [-0.1, -0.05) is 12.1 Å². The van der Waals surface area contributed by atoms with E-state index in [1.807, 2.05) is 35.0 Å². The largest absolute Gasteiger partial charge is 0.493 e. The van der Waals surface area contributed by atoms with Crippen molar-refractivity contribution >= 4 is 23.2 Å². The summed E-state index contributed by atoms with van der Waals surface area (Å²) in [5.74, 6) is 0.523. The molecule has 172 valence electrons. The molecule has 0 radical (unpaired) electrons. The third-order valence-corrected chi connectivity index (χ3v) is 5.58. The third kappa shape index (κ3) is 4.77. The molecule has 0 saturated carbocycles. The van der Waals surface area contributed by atoms with Crippen molar-refractivity contribution < 1.29 is 23.8 Å². The molecule has 1 aromatic heterocycles. The highest BCUT2D eigenvalue weighted by atomic mass is 16.5. The van der Waals surface area contributed by atoms with Gasteiger partial charge in [0, 0.05) is 49.7 Å². The molecule has 2 amide bonds. The fraction of sp³-hybridized carbons (Fsp3) is 0.292. The maximum absolute atomic E-state index is 12.9. The molecule has 3 aromatic rings. The number of imidazole rings is 1. The molecular weight excluding hydrogens is 424 g/mol. The van der Waals surface area contributed by atoms with Crippen LogP contribution in [0.15, 0.2) is 55.1 Å². The molecule has 1 unspecified atom stereocenters. The van der Waals surface area contributed by atoms with Crippen LogP contribution in [0.3, 0.4) is 0 Å². The summed E-state index contributed by atoms with van der Waals surface area (Å²) in [6.45, 7) is 0.915. The normalized spacial score (nSPS) is 15.4. The first-order valence-electron chi connectivity index (χ1n) is 10.5. The number of hydrogen-bond donors (Lipinski definition) is 1. The zero-order chi connectivity index (χ0) is 23.4. The van der Waals surface area contributed by atoms with Crippen LogP contribution in [0.1, 0.15) is 12.0 Å². The minimum Gasteiger partial charge on any atom is -0.493 e. The lowest BCUT2D eigenvalue weighted by Gasteiger charge is -2.20. The first-order chi connectivity index (χ1) is 16.0. The molecule has 1 aliphatic rings. The van der Waals surface area contributed by atoms with Crippen molar-refractivity contribution in [1.29, 1.82) is 0 Å².